The molecule has 0 aliphatic carbocycles. The van der Waals surface area contributed by atoms with Crippen molar-refractivity contribution < 1.29 is 0 Å². The normalized spacial score (nSPS) is 11.5. The van der Waals surface area contributed by atoms with Crippen molar-refractivity contribution in [2.45, 2.75) is 96.3 Å². The molecule has 3 heterocycles. The summed E-state index contributed by atoms with van der Waals surface area (Å²) >= 11 is 0. The lowest BCUT2D eigenvalue weighted by Gasteiger charge is -2.11. The molecule has 258 valence electrons. The van der Waals surface area contributed by atoms with Gasteiger partial charge in [0.1, 0.15) is 0 Å². The molecule has 4 aromatic carbocycles. The summed E-state index contributed by atoms with van der Waals surface area (Å²) in [6.07, 6.45) is 23.4. The van der Waals surface area contributed by atoms with Crippen molar-refractivity contribution in [2.24, 2.45) is 0 Å². The smallest absolute Gasteiger partial charge is 0.0481 e. The Balaban J connectivity index is 0.921. The number of aryl methyl sites for hydroxylation is 6. The van der Waals surface area contributed by atoms with E-state index in [1.807, 2.05) is 18.6 Å². The first-order valence-corrected chi connectivity index (χ1v) is 19.4. The van der Waals surface area contributed by atoms with Gasteiger partial charge in [0.2, 0.25) is 0 Å². The summed E-state index contributed by atoms with van der Waals surface area (Å²) in [6.45, 7) is 0. The van der Waals surface area contributed by atoms with Crippen molar-refractivity contribution in [2.75, 3.05) is 0 Å². The third kappa shape index (κ3) is 9.47. The summed E-state index contributed by atoms with van der Waals surface area (Å²) in [5.74, 6) is 0. The Hall–Kier alpha value is -4.89. The molecule has 0 aliphatic heterocycles. The predicted molar refractivity (Wildman–Crippen MR) is 215 cm³/mol. The van der Waals surface area contributed by atoms with Crippen molar-refractivity contribution >= 4 is 32.3 Å². The van der Waals surface area contributed by atoms with E-state index in [4.69, 9.17) is 15.0 Å². The third-order valence-corrected chi connectivity index (χ3v) is 10.5. The SMILES string of the molecule is c1ccc2c(CCCCCc3cc(CCCCCc4nccc5ccccc45)cc(CCCCCc4nccc5ccccc45)c3)nccc2c1. The molecule has 0 N–H and O–H groups in total. The Kier molecular flexibility index (Phi) is 12.1. The van der Waals surface area contributed by atoms with Crippen LogP contribution in [0.1, 0.15) is 91.6 Å². The zero-order valence-corrected chi connectivity index (χ0v) is 30.1. The lowest BCUT2D eigenvalue weighted by atomic mass is 9.95. The number of aromatic nitrogens is 3. The highest BCUT2D eigenvalue weighted by Gasteiger charge is 2.07. The van der Waals surface area contributed by atoms with Crippen LogP contribution in [0.2, 0.25) is 0 Å². The molecular weight excluding hydrogens is 619 g/mol. The number of unbranched alkanes of at least 4 members (excludes halogenated alkanes) is 6. The lowest BCUT2D eigenvalue weighted by Crippen LogP contribution is -1.98. The van der Waals surface area contributed by atoms with Gasteiger partial charge in [-0.05, 0) is 128 Å². The van der Waals surface area contributed by atoms with Crippen molar-refractivity contribution in [3.05, 3.63) is 162 Å². The molecule has 0 fully saturated rings. The summed E-state index contributed by atoms with van der Waals surface area (Å²) in [5.41, 5.74) is 8.28. The number of benzene rings is 4. The highest BCUT2D eigenvalue weighted by Crippen LogP contribution is 2.23. The van der Waals surface area contributed by atoms with Gasteiger partial charge in [-0.3, -0.25) is 15.0 Å². The number of hydrogen-bond donors (Lipinski definition) is 0. The molecule has 0 aliphatic rings. The van der Waals surface area contributed by atoms with Crippen LogP contribution in [0.5, 0.6) is 0 Å². The first kappa shape index (κ1) is 34.6. The highest BCUT2D eigenvalue weighted by atomic mass is 14.7. The van der Waals surface area contributed by atoms with E-state index >= 15 is 0 Å². The fourth-order valence-corrected chi connectivity index (χ4v) is 7.81. The van der Waals surface area contributed by atoms with Crippen LogP contribution in [0.25, 0.3) is 32.3 Å². The fraction of sp³-hybridized carbons (Fsp3) is 0.312. The van der Waals surface area contributed by atoms with Gasteiger partial charge in [0.05, 0.1) is 0 Å². The van der Waals surface area contributed by atoms with Gasteiger partial charge in [-0.1, -0.05) is 110 Å². The van der Waals surface area contributed by atoms with Gasteiger partial charge in [0, 0.05) is 51.8 Å². The average Bonchev–Trinajstić information content (AvgIpc) is 3.17. The number of hydrogen-bond acceptors (Lipinski definition) is 3. The molecular formula is C48H51N3. The molecule has 3 aromatic heterocycles. The van der Waals surface area contributed by atoms with Crippen LogP contribution in [0, 0.1) is 0 Å². The first-order valence-electron chi connectivity index (χ1n) is 19.4. The number of pyridine rings is 3. The second-order valence-electron chi connectivity index (χ2n) is 14.3. The zero-order valence-electron chi connectivity index (χ0n) is 30.1. The zero-order chi connectivity index (χ0) is 34.5. The van der Waals surface area contributed by atoms with Gasteiger partial charge in [0.15, 0.2) is 0 Å². The standard InChI is InChI=1S/C48H51N3/c1(7-25-46-43-22-13-10-19-40(43)28-31-49-46)4-16-37-34-38(17-5-2-8-26-47-44-23-14-11-20-41(44)29-32-50-47)36-39(35-37)18-6-3-9-27-48-45-24-15-12-21-42(45)30-33-51-48/h10-15,19-24,28-36H,1-9,16-18,25-27H2. The second kappa shape index (κ2) is 17.9. The summed E-state index contributed by atoms with van der Waals surface area (Å²) in [5, 5.41) is 7.80. The van der Waals surface area contributed by atoms with Crippen LogP contribution in [0.3, 0.4) is 0 Å². The molecule has 7 aromatic rings. The third-order valence-electron chi connectivity index (χ3n) is 10.5. The van der Waals surface area contributed by atoms with E-state index in [2.05, 4.69) is 109 Å². The van der Waals surface area contributed by atoms with Crippen LogP contribution in [-0.4, -0.2) is 15.0 Å². The van der Waals surface area contributed by atoms with Crippen LogP contribution in [-0.2, 0) is 38.5 Å². The van der Waals surface area contributed by atoms with Gasteiger partial charge in [-0.25, -0.2) is 0 Å². The predicted octanol–water partition coefficient (Wildman–Crippen LogP) is 12.2. The largest absolute Gasteiger partial charge is 0.261 e. The molecule has 3 heteroatoms. The summed E-state index contributed by atoms with van der Waals surface area (Å²) in [7, 11) is 0. The van der Waals surface area contributed by atoms with Crippen LogP contribution >= 0.6 is 0 Å². The second-order valence-corrected chi connectivity index (χ2v) is 14.3. The van der Waals surface area contributed by atoms with Crippen molar-refractivity contribution in [3.63, 3.8) is 0 Å². The van der Waals surface area contributed by atoms with Crippen LogP contribution in [0.15, 0.2) is 128 Å². The van der Waals surface area contributed by atoms with Crippen LogP contribution < -0.4 is 0 Å². The Morgan fingerprint density at radius 2 is 0.588 bits per heavy atom. The number of fused-ring (bicyclic) bond motifs is 3. The summed E-state index contributed by atoms with van der Waals surface area (Å²) in [6, 6.07) is 39.8. The first-order chi connectivity index (χ1) is 25.3. The van der Waals surface area contributed by atoms with Gasteiger partial charge >= 0.3 is 0 Å². The quantitative estimate of drug-likeness (QED) is 0.0854. The van der Waals surface area contributed by atoms with Crippen LogP contribution in [0.4, 0.5) is 0 Å². The monoisotopic (exact) mass is 669 g/mol. The Bertz CT molecular complexity index is 1890. The van der Waals surface area contributed by atoms with Crippen molar-refractivity contribution in [3.8, 4) is 0 Å². The molecule has 0 saturated heterocycles. The number of rotatable bonds is 18. The van der Waals surface area contributed by atoms with E-state index in [1.165, 1.54) is 124 Å². The van der Waals surface area contributed by atoms with Gasteiger partial charge in [0.25, 0.3) is 0 Å². The Morgan fingerprint density at radius 1 is 0.294 bits per heavy atom. The maximum absolute atomic E-state index is 4.72. The lowest BCUT2D eigenvalue weighted by molar-refractivity contribution is 0.661. The molecule has 0 unspecified atom stereocenters. The molecule has 0 spiro atoms. The van der Waals surface area contributed by atoms with Crippen molar-refractivity contribution in [1.29, 1.82) is 0 Å². The van der Waals surface area contributed by atoms with Gasteiger partial charge in [-0.15, -0.1) is 0 Å². The topological polar surface area (TPSA) is 38.7 Å². The maximum atomic E-state index is 4.72. The Labute approximate surface area is 304 Å². The number of nitrogens with zero attached hydrogens (tertiary/aromatic N) is 3. The van der Waals surface area contributed by atoms with E-state index < -0.39 is 0 Å². The van der Waals surface area contributed by atoms with E-state index in [9.17, 15) is 0 Å². The molecule has 0 atom stereocenters. The van der Waals surface area contributed by atoms with Gasteiger partial charge < -0.3 is 0 Å². The van der Waals surface area contributed by atoms with E-state index in [-0.39, 0.29) is 0 Å². The maximum Gasteiger partial charge on any atom is 0.0481 e. The summed E-state index contributed by atoms with van der Waals surface area (Å²) in [4.78, 5) is 14.2. The molecule has 0 amide bonds. The average molecular weight is 670 g/mol. The molecule has 0 radical (unpaired) electrons. The molecule has 51 heavy (non-hydrogen) atoms. The minimum Gasteiger partial charge on any atom is -0.261 e. The fourth-order valence-electron chi connectivity index (χ4n) is 7.81. The van der Waals surface area contributed by atoms with E-state index in [1.54, 1.807) is 0 Å². The van der Waals surface area contributed by atoms with Gasteiger partial charge in [-0.2, -0.15) is 0 Å². The van der Waals surface area contributed by atoms with E-state index in [0.717, 1.165) is 38.5 Å². The van der Waals surface area contributed by atoms with E-state index in [0.29, 0.717) is 0 Å². The minimum atomic E-state index is 1.05. The molecule has 7 rings (SSSR count). The molecule has 0 saturated carbocycles. The minimum absolute atomic E-state index is 1.05. The Morgan fingerprint density at radius 3 is 0.922 bits per heavy atom. The molecule has 3 nitrogen and oxygen atoms in total. The highest BCUT2D eigenvalue weighted by molar-refractivity contribution is 5.85. The summed E-state index contributed by atoms with van der Waals surface area (Å²) < 4.78 is 0. The van der Waals surface area contributed by atoms with Crippen molar-refractivity contribution in [1.82, 2.24) is 15.0 Å². The molecule has 0 bridgehead atoms.